The molecule has 1 heterocycles. The highest BCUT2D eigenvalue weighted by Crippen LogP contribution is 2.28. The molecule has 0 aliphatic heterocycles. The molecule has 0 saturated carbocycles. The molecule has 0 radical (unpaired) electrons. The van der Waals surface area contributed by atoms with Gasteiger partial charge in [-0.15, -0.1) is 11.3 Å². The number of aryl methyl sites for hydroxylation is 4. The Kier molecular flexibility index (Phi) is 4.97. The normalized spacial score (nSPS) is 12.7. The maximum atomic E-state index is 5.79. The SMILES string of the molecule is CCc1ccc(C(Cc2c(C)cc(C)cc2C)NN)s1. The Morgan fingerprint density at radius 1 is 1.15 bits per heavy atom. The highest BCUT2D eigenvalue weighted by atomic mass is 32.1. The summed E-state index contributed by atoms with van der Waals surface area (Å²) in [6, 6.07) is 9.11. The fourth-order valence-corrected chi connectivity index (χ4v) is 3.76. The Morgan fingerprint density at radius 2 is 1.80 bits per heavy atom. The molecular formula is C17H24N2S. The van der Waals surface area contributed by atoms with Crippen molar-refractivity contribution in [3.05, 3.63) is 56.3 Å². The van der Waals surface area contributed by atoms with Crippen molar-refractivity contribution in [2.24, 2.45) is 5.84 Å². The van der Waals surface area contributed by atoms with Crippen LogP contribution in [0.5, 0.6) is 0 Å². The van der Waals surface area contributed by atoms with Crippen LogP contribution in [-0.2, 0) is 12.8 Å². The summed E-state index contributed by atoms with van der Waals surface area (Å²) in [6.07, 6.45) is 2.03. The van der Waals surface area contributed by atoms with Gasteiger partial charge in [-0.05, 0) is 62.4 Å². The lowest BCUT2D eigenvalue weighted by Crippen LogP contribution is -2.29. The summed E-state index contributed by atoms with van der Waals surface area (Å²) >= 11 is 1.86. The average molecular weight is 288 g/mol. The van der Waals surface area contributed by atoms with Gasteiger partial charge in [-0.1, -0.05) is 24.6 Å². The molecule has 0 saturated heterocycles. The number of benzene rings is 1. The van der Waals surface area contributed by atoms with Crippen LogP contribution >= 0.6 is 11.3 Å². The van der Waals surface area contributed by atoms with Crippen LogP contribution in [0.15, 0.2) is 24.3 Å². The molecule has 20 heavy (non-hydrogen) atoms. The number of nitrogens with one attached hydrogen (secondary N) is 1. The lowest BCUT2D eigenvalue weighted by Gasteiger charge is -2.18. The molecule has 1 atom stereocenters. The summed E-state index contributed by atoms with van der Waals surface area (Å²) in [5.74, 6) is 5.79. The van der Waals surface area contributed by atoms with Gasteiger partial charge in [0.25, 0.3) is 0 Å². The number of thiophene rings is 1. The molecule has 1 unspecified atom stereocenters. The molecule has 0 fully saturated rings. The Hall–Kier alpha value is -1.16. The smallest absolute Gasteiger partial charge is 0.0593 e. The second-order valence-electron chi connectivity index (χ2n) is 5.46. The third kappa shape index (κ3) is 3.29. The second-order valence-corrected chi connectivity index (χ2v) is 6.66. The van der Waals surface area contributed by atoms with Crippen molar-refractivity contribution in [2.75, 3.05) is 0 Å². The molecule has 0 amide bonds. The van der Waals surface area contributed by atoms with Gasteiger partial charge < -0.3 is 0 Å². The van der Waals surface area contributed by atoms with Crippen LogP contribution in [-0.4, -0.2) is 0 Å². The van der Waals surface area contributed by atoms with Gasteiger partial charge in [0.05, 0.1) is 6.04 Å². The lowest BCUT2D eigenvalue weighted by molar-refractivity contribution is 0.558. The largest absolute Gasteiger partial charge is 0.271 e. The van der Waals surface area contributed by atoms with Crippen molar-refractivity contribution in [3.8, 4) is 0 Å². The van der Waals surface area contributed by atoms with Gasteiger partial charge in [0, 0.05) is 9.75 Å². The molecule has 0 aliphatic rings. The first-order valence-electron chi connectivity index (χ1n) is 7.16. The third-order valence-electron chi connectivity index (χ3n) is 3.82. The van der Waals surface area contributed by atoms with Gasteiger partial charge in [-0.2, -0.15) is 0 Å². The predicted octanol–water partition coefficient (Wildman–Crippen LogP) is 3.98. The zero-order chi connectivity index (χ0) is 14.7. The van der Waals surface area contributed by atoms with Gasteiger partial charge in [-0.25, -0.2) is 0 Å². The van der Waals surface area contributed by atoms with E-state index in [4.69, 9.17) is 5.84 Å². The molecule has 108 valence electrons. The number of hydrogen-bond donors (Lipinski definition) is 2. The Labute approximate surface area is 126 Å². The quantitative estimate of drug-likeness (QED) is 0.645. The highest BCUT2D eigenvalue weighted by Gasteiger charge is 2.15. The van der Waals surface area contributed by atoms with Crippen LogP contribution in [0.1, 0.15) is 45.0 Å². The molecular weight excluding hydrogens is 264 g/mol. The number of hydrogen-bond acceptors (Lipinski definition) is 3. The predicted molar refractivity (Wildman–Crippen MR) is 88.1 cm³/mol. The number of nitrogens with two attached hydrogens (primary N) is 1. The van der Waals surface area contributed by atoms with Crippen LogP contribution in [0.4, 0.5) is 0 Å². The molecule has 1 aromatic carbocycles. The minimum absolute atomic E-state index is 0.195. The Balaban J connectivity index is 2.26. The van der Waals surface area contributed by atoms with E-state index in [-0.39, 0.29) is 6.04 Å². The molecule has 2 aromatic rings. The molecule has 3 N–H and O–H groups in total. The molecule has 2 rings (SSSR count). The number of hydrazine groups is 1. The van der Waals surface area contributed by atoms with E-state index in [0.29, 0.717) is 0 Å². The topological polar surface area (TPSA) is 38.0 Å². The summed E-state index contributed by atoms with van der Waals surface area (Å²) in [5.41, 5.74) is 8.43. The molecule has 0 aliphatic carbocycles. The zero-order valence-electron chi connectivity index (χ0n) is 12.8. The standard InChI is InChI=1S/C17H24N2S/c1-5-14-6-7-17(20-14)16(19-18)10-15-12(3)8-11(2)9-13(15)4/h6-9,16,19H,5,10,18H2,1-4H3. The van der Waals surface area contributed by atoms with Crippen LogP contribution in [0.3, 0.4) is 0 Å². The van der Waals surface area contributed by atoms with Crippen LogP contribution < -0.4 is 11.3 Å². The Morgan fingerprint density at radius 3 is 2.30 bits per heavy atom. The molecule has 3 heteroatoms. The molecule has 0 bridgehead atoms. The lowest BCUT2D eigenvalue weighted by atomic mass is 9.94. The van der Waals surface area contributed by atoms with Crippen LogP contribution in [0.25, 0.3) is 0 Å². The van der Waals surface area contributed by atoms with Crippen molar-refractivity contribution in [1.29, 1.82) is 0 Å². The van der Waals surface area contributed by atoms with Crippen molar-refractivity contribution in [2.45, 2.75) is 46.6 Å². The fourth-order valence-electron chi connectivity index (χ4n) is 2.75. The van der Waals surface area contributed by atoms with Gasteiger partial charge in [0.2, 0.25) is 0 Å². The van der Waals surface area contributed by atoms with E-state index >= 15 is 0 Å². The van der Waals surface area contributed by atoms with E-state index in [2.05, 4.69) is 57.4 Å². The third-order valence-corrected chi connectivity index (χ3v) is 5.17. The minimum atomic E-state index is 0.195. The first kappa shape index (κ1) is 15.2. The first-order valence-corrected chi connectivity index (χ1v) is 7.98. The van der Waals surface area contributed by atoms with Gasteiger partial charge in [0.1, 0.15) is 0 Å². The van der Waals surface area contributed by atoms with Crippen LogP contribution in [0.2, 0.25) is 0 Å². The van der Waals surface area contributed by atoms with E-state index in [0.717, 1.165) is 12.8 Å². The Bertz CT molecular complexity index is 563. The van der Waals surface area contributed by atoms with E-state index in [1.807, 2.05) is 11.3 Å². The van der Waals surface area contributed by atoms with E-state index < -0.39 is 0 Å². The van der Waals surface area contributed by atoms with Crippen molar-refractivity contribution in [1.82, 2.24) is 5.43 Å². The van der Waals surface area contributed by atoms with E-state index in [9.17, 15) is 0 Å². The summed E-state index contributed by atoms with van der Waals surface area (Å²) in [4.78, 5) is 2.74. The first-order chi connectivity index (χ1) is 9.55. The summed E-state index contributed by atoms with van der Waals surface area (Å²) in [6.45, 7) is 8.72. The van der Waals surface area contributed by atoms with Crippen molar-refractivity contribution >= 4 is 11.3 Å². The molecule has 1 aromatic heterocycles. The maximum Gasteiger partial charge on any atom is 0.0593 e. The van der Waals surface area contributed by atoms with Crippen molar-refractivity contribution < 1.29 is 0 Å². The zero-order valence-corrected chi connectivity index (χ0v) is 13.6. The van der Waals surface area contributed by atoms with Gasteiger partial charge in [0.15, 0.2) is 0 Å². The molecule has 0 spiro atoms. The van der Waals surface area contributed by atoms with Gasteiger partial charge >= 0.3 is 0 Å². The summed E-state index contributed by atoms with van der Waals surface area (Å²) in [5, 5.41) is 0. The van der Waals surface area contributed by atoms with Crippen molar-refractivity contribution in [3.63, 3.8) is 0 Å². The van der Waals surface area contributed by atoms with E-state index in [1.165, 1.54) is 32.0 Å². The van der Waals surface area contributed by atoms with E-state index in [1.54, 1.807) is 0 Å². The maximum absolute atomic E-state index is 5.79. The monoisotopic (exact) mass is 288 g/mol. The number of rotatable bonds is 5. The average Bonchev–Trinajstić information content (AvgIpc) is 2.86. The fraction of sp³-hybridized carbons (Fsp3) is 0.412. The minimum Gasteiger partial charge on any atom is -0.271 e. The van der Waals surface area contributed by atoms with Gasteiger partial charge in [-0.3, -0.25) is 11.3 Å². The highest BCUT2D eigenvalue weighted by molar-refractivity contribution is 7.12. The van der Waals surface area contributed by atoms with Crippen LogP contribution in [0, 0.1) is 20.8 Å². The molecule has 2 nitrogen and oxygen atoms in total. The summed E-state index contributed by atoms with van der Waals surface area (Å²) in [7, 11) is 0. The summed E-state index contributed by atoms with van der Waals surface area (Å²) < 4.78 is 0. The second kappa shape index (κ2) is 6.53.